The Hall–Kier alpha value is -1.77. The van der Waals surface area contributed by atoms with Gasteiger partial charge in [-0.2, -0.15) is 4.98 Å². The normalized spacial score (nSPS) is 22.3. The Kier molecular flexibility index (Phi) is 5.64. The van der Waals surface area contributed by atoms with Gasteiger partial charge in [0, 0.05) is 25.3 Å². The SMILES string of the molecule is CN(C)CC1CCCN(S(=O)c2nc(Nc3c4c(cc5c3CCC5)CCC4)n[nH]2)C1. The van der Waals surface area contributed by atoms with Gasteiger partial charge in [-0.05, 0) is 93.6 Å². The second-order valence-corrected chi connectivity index (χ2v) is 10.6. The molecule has 1 aliphatic heterocycles. The Morgan fingerprint density at radius 3 is 2.60 bits per heavy atom. The topological polar surface area (TPSA) is 77.2 Å². The summed E-state index contributed by atoms with van der Waals surface area (Å²) in [6.45, 7) is 2.72. The van der Waals surface area contributed by atoms with Crippen molar-refractivity contribution in [2.45, 2.75) is 56.5 Å². The van der Waals surface area contributed by atoms with E-state index in [0.29, 0.717) is 17.0 Å². The number of anilines is 2. The lowest BCUT2D eigenvalue weighted by Crippen LogP contribution is -2.40. The summed E-state index contributed by atoms with van der Waals surface area (Å²) in [5, 5.41) is 11.3. The highest BCUT2D eigenvalue weighted by Gasteiger charge is 2.28. The molecule has 1 fully saturated rings. The Labute approximate surface area is 181 Å². The van der Waals surface area contributed by atoms with E-state index < -0.39 is 11.0 Å². The molecule has 30 heavy (non-hydrogen) atoms. The fourth-order valence-corrected chi connectivity index (χ4v) is 6.60. The van der Waals surface area contributed by atoms with E-state index in [0.717, 1.165) is 38.9 Å². The van der Waals surface area contributed by atoms with Gasteiger partial charge in [-0.25, -0.2) is 13.6 Å². The minimum atomic E-state index is -1.30. The third-order valence-corrected chi connectivity index (χ3v) is 7.99. The van der Waals surface area contributed by atoms with Crippen molar-refractivity contribution >= 4 is 22.6 Å². The summed E-state index contributed by atoms with van der Waals surface area (Å²) in [7, 11) is 2.90. The number of fused-ring (bicyclic) bond motifs is 2. The number of nitrogens with zero attached hydrogens (tertiary/aromatic N) is 4. The summed E-state index contributed by atoms with van der Waals surface area (Å²) in [5.74, 6) is 1.09. The van der Waals surface area contributed by atoms with Crippen LogP contribution in [0.25, 0.3) is 0 Å². The molecule has 162 valence electrons. The molecule has 1 saturated heterocycles. The number of H-pyrrole nitrogens is 1. The number of aryl methyl sites for hydroxylation is 2. The molecule has 7 nitrogen and oxygen atoms in total. The molecule has 5 rings (SSSR count). The van der Waals surface area contributed by atoms with Gasteiger partial charge < -0.3 is 10.2 Å². The van der Waals surface area contributed by atoms with Crippen molar-refractivity contribution in [3.05, 3.63) is 28.3 Å². The number of aromatic nitrogens is 3. The molecular formula is C22H32N6OS. The lowest BCUT2D eigenvalue weighted by Gasteiger charge is -2.32. The summed E-state index contributed by atoms with van der Waals surface area (Å²) in [4.78, 5) is 6.80. The molecule has 2 N–H and O–H groups in total. The zero-order chi connectivity index (χ0) is 20.7. The molecule has 8 heteroatoms. The van der Waals surface area contributed by atoms with Gasteiger partial charge in [-0.3, -0.25) is 0 Å². The molecule has 0 bridgehead atoms. The maximum absolute atomic E-state index is 13.1. The summed E-state index contributed by atoms with van der Waals surface area (Å²) < 4.78 is 15.2. The number of hydrogen-bond donors (Lipinski definition) is 2. The molecule has 2 unspecified atom stereocenters. The second-order valence-electron chi connectivity index (χ2n) is 9.23. The maximum atomic E-state index is 13.1. The van der Waals surface area contributed by atoms with E-state index in [2.05, 4.69) is 45.6 Å². The highest BCUT2D eigenvalue weighted by Crippen LogP contribution is 2.39. The van der Waals surface area contributed by atoms with Crippen LogP contribution >= 0.6 is 0 Å². The molecular weight excluding hydrogens is 396 g/mol. The lowest BCUT2D eigenvalue weighted by molar-refractivity contribution is 0.223. The molecule has 2 heterocycles. The van der Waals surface area contributed by atoms with Crippen LogP contribution in [0.3, 0.4) is 0 Å². The van der Waals surface area contributed by atoms with Crippen LogP contribution in [0.2, 0.25) is 0 Å². The Morgan fingerprint density at radius 2 is 1.90 bits per heavy atom. The minimum Gasteiger partial charge on any atom is -0.322 e. The number of benzene rings is 1. The zero-order valence-corrected chi connectivity index (χ0v) is 18.9. The predicted molar refractivity (Wildman–Crippen MR) is 119 cm³/mol. The zero-order valence-electron chi connectivity index (χ0n) is 18.0. The van der Waals surface area contributed by atoms with Gasteiger partial charge in [0.1, 0.15) is 0 Å². The van der Waals surface area contributed by atoms with Crippen LogP contribution in [0, 0.1) is 5.92 Å². The van der Waals surface area contributed by atoms with E-state index in [1.807, 2.05) is 4.31 Å². The van der Waals surface area contributed by atoms with Crippen LogP contribution in [0.4, 0.5) is 11.6 Å². The first-order valence-corrected chi connectivity index (χ1v) is 12.4. The lowest BCUT2D eigenvalue weighted by atomic mass is 9.99. The van der Waals surface area contributed by atoms with Gasteiger partial charge in [0.15, 0.2) is 11.0 Å². The maximum Gasteiger partial charge on any atom is 0.247 e. The fraction of sp³-hybridized carbons (Fsp3) is 0.636. The van der Waals surface area contributed by atoms with Crippen LogP contribution in [-0.4, -0.2) is 62.3 Å². The first kappa shape index (κ1) is 20.2. The van der Waals surface area contributed by atoms with Crippen LogP contribution < -0.4 is 5.32 Å². The van der Waals surface area contributed by atoms with E-state index in [1.165, 1.54) is 60.0 Å². The Morgan fingerprint density at radius 1 is 1.17 bits per heavy atom. The third-order valence-electron chi connectivity index (χ3n) is 6.68. The molecule has 2 aliphatic carbocycles. The number of rotatable bonds is 6. The van der Waals surface area contributed by atoms with Crippen molar-refractivity contribution in [3.8, 4) is 0 Å². The van der Waals surface area contributed by atoms with Crippen molar-refractivity contribution in [1.82, 2.24) is 24.4 Å². The molecule has 0 amide bonds. The van der Waals surface area contributed by atoms with Gasteiger partial charge in [0.25, 0.3) is 0 Å². The molecule has 2 atom stereocenters. The van der Waals surface area contributed by atoms with E-state index in [4.69, 9.17) is 0 Å². The van der Waals surface area contributed by atoms with Crippen LogP contribution in [0.1, 0.15) is 47.9 Å². The predicted octanol–water partition coefficient (Wildman–Crippen LogP) is 2.82. The summed E-state index contributed by atoms with van der Waals surface area (Å²) >= 11 is 0. The van der Waals surface area contributed by atoms with Crippen molar-refractivity contribution in [3.63, 3.8) is 0 Å². The van der Waals surface area contributed by atoms with Crippen molar-refractivity contribution < 1.29 is 4.21 Å². The van der Waals surface area contributed by atoms with Crippen molar-refractivity contribution in [1.29, 1.82) is 0 Å². The van der Waals surface area contributed by atoms with Gasteiger partial charge in [0.2, 0.25) is 11.1 Å². The van der Waals surface area contributed by atoms with E-state index in [9.17, 15) is 4.21 Å². The van der Waals surface area contributed by atoms with E-state index in [-0.39, 0.29) is 0 Å². The Bertz CT molecular complexity index is 923. The largest absolute Gasteiger partial charge is 0.322 e. The Balaban J connectivity index is 1.33. The van der Waals surface area contributed by atoms with Gasteiger partial charge in [-0.15, -0.1) is 5.10 Å². The molecule has 0 saturated carbocycles. The fourth-order valence-electron chi connectivity index (χ4n) is 5.43. The quantitative estimate of drug-likeness (QED) is 0.740. The number of nitrogens with one attached hydrogen (secondary N) is 2. The van der Waals surface area contributed by atoms with Crippen LogP contribution in [0.5, 0.6) is 0 Å². The molecule has 1 aromatic heterocycles. The number of aromatic amines is 1. The van der Waals surface area contributed by atoms with E-state index in [1.54, 1.807) is 0 Å². The smallest absolute Gasteiger partial charge is 0.247 e. The van der Waals surface area contributed by atoms with Gasteiger partial charge in [-0.1, -0.05) is 6.07 Å². The highest BCUT2D eigenvalue weighted by molar-refractivity contribution is 7.82. The van der Waals surface area contributed by atoms with E-state index >= 15 is 0 Å². The molecule has 1 aromatic carbocycles. The summed E-state index contributed by atoms with van der Waals surface area (Å²) in [6.07, 6.45) is 9.29. The van der Waals surface area contributed by atoms with Gasteiger partial charge >= 0.3 is 0 Å². The number of hydrogen-bond acceptors (Lipinski definition) is 5. The first-order chi connectivity index (χ1) is 14.6. The highest BCUT2D eigenvalue weighted by atomic mass is 32.2. The average Bonchev–Trinajstić information content (AvgIpc) is 3.47. The van der Waals surface area contributed by atoms with Crippen LogP contribution in [0.15, 0.2) is 11.2 Å². The number of piperidine rings is 1. The van der Waals surface area contributed by atoms with Gasteiger partial charge in [0.05, 0.1) is 0 Å². The summed E-state index contributed by atoms with van der Waals surface area (Å²) in [6, 6.07) is 2.43. The third kappa shape index (κ3) is 3.92. The standard InChI is InChI=1S/C22H32N6OS/c1-27(2)13-15-6-5-11-28(14-15)30(29)22-24-21(25-26-22)23-20-18-9-3-7-16(18)12-17-8-4-10-19(17)20/h12,15H,3-11,13-14H2,1-2H3,(H2,23,24,25,26). The average molecular weight is 429 g/mol. The van der Waals surface area contributed by atoms with Crippen molar-refractivity contribution in [2.75, 3.05) is 39.0 Å². The van der Waals surface area contributed by atoms with Crippen molar-refractivity contribution in [2.24, 2.45) is 5.92 Å². The molecule has 0 radical (unpaired) electrons. The second kappa shape index (κ2) is 8.40. The summed E-state index contributed by atoms with van der Waals surface area (Å²) in [5.41, 5.74) is 7.06. The minimum absolute atomic E-state index is 0.451. The molecule has 3 aliphatic rings. The monoisotopic (exact) mass is 428 g/mol. The molecule has 0 spiro atoms. The first-order valence-electron chi connectivity index (χ1n) is 11.3. The van der Waals surface area contributed by atoms with Crippen LogP contribution in [-0.2, 0) is 36.7 Å². The molecule has 2 aromatic rings.